The topological polar surface area (TPSA) is 79.5 Å². The predicted octanol–water partition coefficient (Wildman–Crippen LogP) is 1.28. The fourth-order valence-corrected chi connectivity index (χ4v) is 3.99. The van der Waals surface area contributed by atoms with E-state index in [1.165, 1.54) is 16.4 Å². The van der Waals surface area contributed by atoms with Gasteiger partial charge in [-0.3, -0.25) is 4.90 Å². The molecule has 3 rings (SSSR count). The Morgan fingerprint density at radius 2 is 1.71 bits per heavy atom. The molecule has 1 saturated heterocycles. The first-order valence-electron chi connectivity index (χ1n) is 7.78. The Hall–Kier alpha value is -1.84. The van der Waals surface area contributed by atoms with Gasteiger partial charge in [0.2, 0.25) is 21.8 Å². The van der Waals surface area contributed by atoms with Crippen molar-refractivity contribution in [1.29, 1.82) is 0 Å². The van der Waals surface area contributed by atoms with E-state index in [2.05, 4.69) is 15.1 Å². The normalized spacial score (nSPS) is 17.2. The Labute approximate surface area is 140 Å². The van der Waals surface area contributed by atoms with E-state index in [4.69, 9.17) is 4.42 Å². The number of halogens is 1. The summed E-state index contributed by atoms with van der Waals surface area (Å²) >= 11 is 0. The van der Waals surface area contributed by atoms with Gasteiger partial charge in [-0.1, -0.05) is 6.92 Å². The first-order chi connectivity index (χ1) is 11.5. The molecule has 1 aromatic carbocycles. The fraction of sp³-hybridized carbons (Fsp3) is 0.467. The zero-order chi connectivity index (χ0) is 17.2. The van der Waals surface area contributed by atoms with E-state index in [0.29, 0.717) is 50.9 Å². The molecule has 1 aromatic heterocycles. The number of aromatic nitrogens is 2. The van der Waals surface area contributed by atoms with Crippen molar-refractivity contribution in [2.75, 3.05) is 26.2 Å². The highest BCUT2D eigenvalue weighted by molar-refractivity contribution is 7.89. The number of benzene rings is 1. The maximum absolute atomic E-state index is 13.0. The number of hydrogen-bond acceptors (Lipinski definition) is 6. The molecule has 0 spiro atoms. The molecule has 7 nitrogen and oxygen atoms in total. The number of nitrogens with zero attached hydrogens (tertiary/aromatic N) is 4. The van der Waals surface area contributed by atoms with Crippen LogP contribution in [0.15, 0.2) is 33.6 Å². The smallest absolute Gasteiger partial charge is 0.243 e. The minimum absolute atomic E-state index is 0.113. The van der Waals surface area contributed by atoms with Gasteiger partial charge in [0.15, 0.2) is 0 Å². The third-order valence-corrected chi connectivity index (χ3v) is 5.87. The molecule has 2 heterocycles. The van der Waals surface area contributed by atoms with Crippen LogP contribution in [-0.2, 0) is 23.0 Å². The van der Waals surface area contributed by atoms with E-state index in [-0.39, 0.29) is 4.90 Å². The summed E-state index contributed by atoms with van der Waals surface area (Å²) in [5.41, 5.74) is 0. The molecular weight excluding hydrogens is 335 g/mol. The summed E-state index contributed by atoms with van der Waals surface area (Å²) in [7, 11) is -3.59. The van der Waals surface area contributed by atoms with Crippen molar-refractivity contribution in [2.24, 2.45) is 0 Å². The quantitative estimate of drug-likeness (QED) is 0.805. The third-order valence-electron chi connectivity index (χ3n) is 3.95. The minimum Gasteiger partial charge on any atom is -0.424 e. The SMILES string of the molecule is CCc1nnc(CN2CCN(S(=O)(=O)c3ccc(F)cc3)CC2)o1. The van der Waals surface area contributed by atoms with Gasteiger partial charge < -0.3 is 4.42 Å². The monoisotopic (exact) mass is 354 g/mol. The maximum Gasteiger partial charge on any atom is 0.243 e. The van der Waals surface area contributed by atoms with Crippen LogP contribution in [0.3, 0.4) is 0 Å². The van der Waals surface area contributed by atoms with Crippen molar-refractivity contribution >= 4 is 10.0 Å². The van der Waals surface area contributed by atoms with Gasteiger partial charge in [-0.05, 0) is 24.3 Å². The van der Waals surface area contributed by atoms with Gasteiger partial charge in [0.1, 0.15) is 5.82 Å². The van der Waals surface area contributed by atoms with Gasteiger partial charge in [0.25, 0.3) is 0 Å². The summed E-state index contributed by atoms with van der Waals surface area (Å²) in [6.45, 7) is 4.34. The van der Waals surface area contributed by atoms with Crippen LogP contribution in [-0.4, -0.2) is 54.0 Å². The summed E-state index contributed by atoms with van der Waals surface area (Å²) in [6.07, 6.45) is 0.691. The maximum atomic E-state index is 13.0. The molecule has 0 bridgehead atoms. The van der Waals surface area contributed by atoms with Gasteiger partial charge in [-0.2, -0.15) is 4.31 Å². The van der Waals surface area contributed by atoms with Crippen LogP contribution in [0.5, 0.6) is 0 Å². The van der Waals surface area contributed by atoms with Crippen LogP contribution in [0.25, 0.3) is 0 Å². The molecule has 0 saturated carbocycles. The second kappa shape index (κ2) is 6.96. The first-order valence-corrected chi connectivity index (χ1v) is 9.22. The molecular formula is C15H19FN4O3S. The molecule has 1 aliphatic rings. The minimum atomic E-state index is -3.59. The summed E-state index contributed by atoms with van der Waals surface area (Å²) in [5.74, 6) is 0.689. The van der Waals surface area contributed by atoms with Crippen LogP contribution in [0, 0.1) is 5.82 Å². The zero-order valence-corrected chi connectivity index (χ0v) is 14.2. The highest BCUT2D eigenvalue weighted by atomic mass is 32.2. The van der Waals surface area contributed by atoms with Crippen LogP contribution in [0.1, 0.15) is 18.7 Å². The fourth-order valence-electron chi connectivity index (χ4n) is 2.57. The van der Waals surface area contributed by atoms with Crippen molar-refractivity contribution in [2.45, 2.75) is 24.8 Å². The van der Waals surface area contributed by atoms with Gasteiger partial charge >= 0.3 is 0 Å². The lowest BCUT2D eigenvalue weighted by molar-refractivity contribution is 0.167. The molecule has 9 heteroatoms. The lowest BCUT2D eigenvalue weighted by Gasteiger charge is -2.33. The van der Waals surface area contributed by atoms with Crippen molar-refractivity contribution in [3.63, 3.8) is 0 Å². The van der Waals surface area contributed by atoms with Crippen molar-refractivity contribution in [1.82, 2.24) is 19.4 Å². The van der Waals surface area contributed by atoms with Gasteiger partial charge in [0, 0.05) is 32.6 Å². The van der Waals surface area contributed by atoms with E-state index < -0.39 is 15.8 Å². The Morgan fingerprint density at radius 1 is 1.08 bits per heavy atom. The lowest BCUT2D eigenvalue weighted by atomic mass is 10.3. The van der Waals surface area contributed by atoms with E-state index in [1.807, 2.05) is 6.92 Å². The second-order valence-electron chi connectivity index (χ2n) is 5.58. The van der Waals surface area contributed by atoms with E-state index in [9.17, 15) is 12.8 Å². The molecule has 0 amide bonds. The van der Waals surface area contributed by atoms with Gasteiger partial charge in [0.05, 0.1) is 11.4 Å². The molecule has 0 radical (unpaired) electrons. The van der Waals surface area contributed by atoms with Crippen LogP contribution < -0.4 is 0 Å². The highest BCUT2D eigenvalue weighted by Gasteiger charge is 2.29. The van der Waals surface area contributed by atoms with Gasteiger partial charge in [-0.25, -0.2) is 12.8 Å². The summed E-state index contributed by atoms with van der Waals surface area (Å²) < 4.78 is 45.0. The Balaban J connectivity index is 1.60. The largest absolute Gasteiger partial charge is 0.424 e. The molecule has 0 aliphatic carbocycles. The molecule has 0 N–H and O–H groups in total. The Morgan fingerprint density at radius 3 is 2.29 bits per heavy atom. The summed E-state index contributed by atoms with van der Waals surface area (Å²) in [6, 6.07) is 4.90. The summed E-state index contributed by atoms with van der Waals surface area (Å²) in [5, 5.41) is 7.90. The standard InChI is InChI=1S/C15H19FN4O3S/c1-2-14-17-18-15(23-14)11-19-7-9-20(10-8-19)24(21,22)13-5-3-12(16)4-6-13/h3-6H,2,7-11H2,1H3. The first kappa shape index (κ1) is 17.0. The molecule has 0 unspecified atom stereocenters. The number of sulfonamides is 1. The van der Waals surface area contributed by atoms with Crippen LogP contribution >= 0.6 is 0 Å². The van der Waals surface area contributed by atoms with E-state index >= 15 is 0 Å². The number of rotatable bonds is 5. The molecule has 2 aromatic rings. The van der Waals surface area contributed by atoms with Crippen molar-refractivity contribution in [3.05, 3.63) is 41.9 Å². The number of hydrogen-bond donors (Lipinski definition) is 0. The van der Waals surface area contributed by atoms with Crippen LogP contribution in [0.2, 0.25) is 0 Å². The molecule has 130 valence electrons. The molecule has 0 atom stereocenters. The Bertz CT molecular complexity index is 783. The average Bonchev–Trinajstić information content (AvgIpc) is 3.03. The van der Waals surface area contributed by atoms with Crippen LogP contribution in [0.4, 0.5) is 4.39 Å². The number of aryl methyl sites for hydroxylation is 1. The molecule has 24 heavy (non-hydrogen) atoms. The number of piperazine rings is 1. The lowest BCUT2D eigenvalue weighted by Crippen LogP contribution is -2.48. The molecule has 1 fully saturated rings. The average molecular weight is 354 g/mol. The van der Waals surface area contributed by atoms with Crippen molar-refractivity contribution in [3.8, 4) is 0 Å². The second-order valence-corrected chi connectivity index (χ2v) is 7.52. The Kier molecular flexibility index (Phi) is 4.93. The van der Waals surface area contributed by atoms with E-state index in [1.54, 1.807) is 0 Å². The van der Waals surface area contributed by atoms with Gasteiger partial charge in [-0.15, -0.1) is 10.2 Å². The van der Waals surface area contributed by atoms with Crippen molar-refractivity contribution < 1.29 is 17.2 Å². The van der Waals surface area contributed by atoms with E-state index in [0.717, 1.165) is 12.1 Å². The molecule has 1 aliphatic heterocycles. The zero-order valence-electron chi connectivity index (χ0n) is 13.4. The highest BCUT2D eigenvalue weighted by Crippen LogP contribution is 2.18. The predicted molar refractivity (Wildman–Crippen MR) is 84.1 cm³/mol. The third kappa shape index (κ3) is 3.63. The summed E-state index contributed by atoms with van der Waals surface area (Å²) in [4.78, 5) is 2.19.